The average molecular weight is 332 g/mol. The minimum atomic E-state index is 1.29. The van der Waals surface area contributed by atoms with Gasteiger partial charge in [0, 0.05) is 0 Å². The van der Waals surface area contributed by atoms with E-state index in [9.17, 15) is 0 Å². The predicted octanol–water partition coefficient (Wildman–Crippen LogP) is 7.43. The fourth-order valence-corrected chi connectivity index (χ4v) is 4.21. The molecule has 124 valence electrons. The molecule has 0 N–H and O–H groups in total. The van der Waals surface area contributed by atoms with Gasteiger partial charge in [-0.3, -0.25) is 0 Å². The van der Waals surface area contributed by atoms with E-state index in [1.54, 1.807) is 0 Å². The molecule has 5 aromatic rings. The fourth-order valence-electron chi connectivity index (χ4n) is 4.21. The standard InChI is InChI=1S/C26H20/c1-17-11-12-20-16-21(14-13-19(20)15-17)26-18(2)22-7-3-4-8-23(22)24-9-5-6-10-25(24)26/h3-16H,1-2H3. The lowest BCUT2D eigenvalue weighted by Crippen LogP contribution is -1.90. The molecular formula is C26H20. The molecule has 0 spiro atoms. The third kappa shape index (κ3) is 2.23. The van der Waals surface area contributed by atoms with Crippen LogP contribution in [0.4, 0.5) is 0 Å². The molecule has 0 fully saturated rings. The average Bonchev–Trinajstić information content (AvgIpc) is 2.68. The van der Waals surface area contributed by atoms with E-state index in [0.29, 0.717) is 0 Å². The van der Waals surface area contributed by atoms with E-state index in [1.165, 1.54) is 54.6 Å². The molecule has 0 heterocycles. The van der Waals surface area contributed by atoms with Crippen molar-refractivity contribution in [1.82, 2.24) is 0 Å². The summed E-state index contributed by atoms with van der Waals surface area (Å²) in [5.41, 5.74) is 5.30. The maximum atomic E-state index is 2.33. The number of rotatable bonds is 1. The summed E-state index contributed by atoms with van der Waals surface area (Å²) in [6.07, 6.45) is 0. The van der Waals surface area contributed by atoms with Gasteiger partial charge in [0.1, 0.15) is 0 Å². The van der Waals surface area contributed by atoms with Crippen LogP contribution in [0.15, 0.2) is 84.9 Å². The van der Waals surface area contributed by atoms with E-state index >= 15 is 0 Å². The summed E-state index contributed by atoms with van der Waals surface area (Å²) < 4.78 is 0. The Morgan fingerprint density at radius 1 is 0.500 bits per heavy atom. The molecule has 0 heteroatoms. The maximum absolute atomic E-state index is 2.33. The molecule has 0 aliphatic rings. The highest BCUT2D eigenvalue weighted by molar-refractivity contribution is 6.16. The molecule has 0 aromatic heterocycles. The van der Waals surface area contributed by atoms with Gasteiger partial charge in [0.05, 0.1) is 0 Å². The van der Waals surface area contributed by atoms with Gasteiger partial charge in [-0.2, -0.15) is 0 Å². The SMILES string of the molecule is Cc1ccc2cc(-c3c(C)c4ccccc4c4ccccc34)ccc2c1. The van der Waals surface area contributed by atoms with Gasteiger partial charge in [0.15, 0.2) is 0 Å². The highest BCUT2D eigenvalue weighted by atomic mass is 14.2. The Bertz CT molecular complexity index is 1290. The molecule has 0 saturated carbocycles. The molecule has 5 aromatic carbocycles. The molecule has 0 amide bonds. The Morgan fingerprint density at radius 3 is 1.85 bits per heavy atom. The summed E-state index contributed by atoms with van der Waals surface area (Å²) in [5, 5.41) is 7.93. The van der Waals surface area contributed by atoms with Crippen LogP contribution in [-0.2, 0) is 0 Å². The van der Waals surface area contributed by atoms with Crippen molar-refractivity contribution in [3.8, 4) is 11.1 Å². The summed E-state index contributed by atoms with van der Waals surface area (Å²) in [5.74, 6) is 0. The Balaban J connectivity index is 1.91. The van der Waals surface area contributed by atoms with E-state index in [1.807, 2.05) is 0 Å². The highest BCUT2D eigenvalue weighted by Gasteiger charge is 2.13. The zero-order chi connectivity index (χ0) is 17.7. The summed E-state index contributed by atoms with van der Waals surface area (Å²) in [7, 11) is 0. The summed E-state index contributed by atoms with van der Waals surface area (Å²) >= 11 is 0. The van der Waals surface area contributed by atoms with Gasteiger partial charge in [0.25, 0.3) is 0 Å². The number of hydrogen-bond donors (Lipinski definition) is 0. The van der Waals surface area contributed by atoms with Crippen molar-refractivity contribution < 1.29 is 0 Å². The molecule has 0 saturated heterocycles. The van der Waals surface area contributed by atoms with Crippen LogP contribution in [0.3, 0.4) is 0 Å². The first-order chi connectivity index (χ1) is 12.7. The van der Waals surface area contributed by atoms with Crippen LogP contribution in [0.25, 0.3) is 43.4 Å². The zero-order valence-electron chi connectivity index (χ0n) is 15.1. The molecule has 0 aliphatic carbocycles. The van der Waals surface area contributed by atoms with E-state index < -0.39 is 0 Å². The Labute approximate surface area is 153 Å². The van der Waals surface area contributed by atoms with Crippen molar-refractivity contribution in [3.05, 3.63) is 96.1 Å². The summed E-state index contributed by atoms with van der Waals surface area (Å²) in [4.78, 5) is 0. The maximum Gasteiger partial charge on any atom is -0.00695 e. The first kappa shape index (κ1) is 15.2. The van der Waals surface area contributed by atoms with Crippen LogP contribution in [0, 0.1) is 13.8 Å². The van der Waals surface area contributed by atoms with Gasteiger partial charge in [-0.15, -0.1) is 0 Å². The van der Waals surface area contributed by atoms with Crippen molar-refractivity contribution in [2.45, 2.75) is 13.8 Å². The number of fused-ring (bicyclic) bond motifs is 4. The molecule has 0 nitrogen and oxygen atoms in total. The Morgan fingerprint density at radius 2 is 1.08 bits per heavy atom. The van der Waals surface area contributed by atoms with Crippen LogP contribution in [-0.4, -0.2) is 0 Å². The van der Waals surface area contributed by atoms with E-state index in [2.05, 4.69) is 98.8 Å². The van der Waals surface area contributed by atoms with Gasteiger partial charge < -0.3 is 0 Å². The van der Waals surface area contributed by atoms with Gasteiger partial charge >= 0.3 is 0 Å². The second-order valence-electron chi connectivity index (χ2n) is 7.16. The fraction of sp³-hybridized carbons (Fsp3) is 0.0769. The quantitative estimate of drug-likeness (QED) is 0.280. The molecule has 0 bridgehead atoms. The van der Waals surface area contributed by atoms with Crippen LogP contribution in [0.5, 0.6) is 0 Å². The van der Waals surface area contributed by atoms with E-state index in [0.717, 1.165) is 0 Å². The van der Waals surface area contributed by atoms with Crippen molar-refractivity contribution in [2.75, 3.05) is 0 Å². The van der Waals surface area contributed by atoms with Gasteiger partial charge in [0.2, 0.25) is 0 Å². The molecular weight excluding hydrogens is 312 g/mol. The topological polar surface area (TPSA) is 0 Å². The van der Waals surface area contributed by atoms with Crippen LogP contribution in [0.1, 0.15) is 11.1 Å². The van der Waals surface area contributed by atoms with Gasteiger partial charge in [-0.25, -0.2) is 0 Å². The van der Waals surface area contributed by atoms with Crippen LogP contribution >= 0.6 is 0 Å². The normalized spacial score (nSPS) is 11.5. The summed E-state index contributed by atoms with van der Waals surface area (Å²) in [6.45, 7) is 4.40. The van der Waals surface area contributed by atoms with Crippen LogP contribution < -0.4 is 0 Å². The molecule has 0 aliphatic heterocycles. The minimum absolute atomic E-state index is 1.29. The molecule has 5 rings (SSSR count). The number of hydrogen-bond acceptors (Lipinski definition) is 0. The molecule has 0 atom stereocenters. The van der Waals surface area contributed by atoms with Crippen molar-refractivity contribution in [1.29, 1.82) is 0 Å². The number of aryl methyl sites for hydroxylation is 2. The smallest absolute Gasteiger partial charge is 0.00695 e. The molecule has 0 unspecified atom stereocenters. The first-order valence-electron chi connectivity index (χ1n) is 9.13. The molecule has 26 heavy (non-hydrogen) atoms. The van der Waals surface area contributed by atoms with Crippen molar-refractivity contribution in [2.24, 2.45) is 0 Å². The van der Waals surface area contributed by atoms with Crippen molar-refractivity contribution >= 4 is 32.3 Å². The summed E-state index contributed by atoms with van der Waals surface area (Å²) in [6, 6.07) is 31.0. The Hall–Kier alpha value is -3.12. The van der Waals surface area contributed by atoms with Crippen LogP contribution in [0.2, 0.25) is 0 Å². The monoisotopic (exact) mass is 332 g/mol. The predicted molar refractivity (Wildman–Crippen MR) is 114 cm³/mol. The van der Waals surface area contributed by atoms with E-state index in [-0.39, 0.29) is 0 Å². The lowest BCUT2D eigenvalue weighted by Gasteiger charge is -2.16. The third-order valence-corrected chi connectivity index (χ3v) is 5.48. The lowest BCUT2D eigenvalue weighted by atomic mass is 9.88. The van der Waals surface area contributed by atoms with Gasteiger partial charge in [-0.1, -0.05) is 84.4 Å². The minimum Gasteiger partial charge on any atom is -0.0616 e. The molecule has 0 radical (unpaired) electrons. The second kappa shape index (κ2) is 5.71. The Kier molecular flexibility index (Phi) is 3.33. The zero-order valence-corrected chi connectivity index (χ0v) is 15.1. The highest BCUT2D eigenvalue weighted by Crippen LogP contribution is 2.39. The van der Waals surface area contributed by atoms with Crippen molar-refractivity contribution in [3.63, 3.8) is 0 Å². The lowest BCUT2D eigenvalue weighted by molar-refractivity contribution is 1.50. The van der Waals surface area contributed by atoms with Gasteiger partial charge in [-0.05, 0) is 68.9 Å². The first-order valence-corrected chi connectivity index (χ1v) is 9.13. The second-order valence-corrected chi connectivity index (χ2v) is 7.16. The largest absolute Gasteiger partial charge is 0.0616 e. The number of benzene rings is 5. The van der Waals surface area contributed by atoms with E-state index in [4.69, 9.17) is 0 Å². The third-order valence-electron chi connectivity index (χ3n) is 5.48.